The highest BCUT2D eigenvalue weighted by Gasteiger charge is 2.12. The first-order valence-electron chi connectivity index (χ1n) is 5.70. The minimum atomic E-state index is 0.373. The van der Waals surface area contributed by atoms with Gasteiger partial charge in [0.25, 0.3) is 5.89 Å². The van der Waals surface area contributed by atoms with Crippen molar-refractivity contribution in [1.82, 2.24) is 20.1 Å². The van der Waals surface area contributed by atoms with Gasteiger partial charge in [-0.05, 0) is 30.7 Å². The molecule has 19 heavy (non-hydrogen) atoms. The molecule has 0 radical (unpaired) electrons. The van der Waals surface area contributed by atoms with Gasteiger partial charge in [-0.3, -0.25) is 9.97 Å². The Morgan fingerprint density at radius 1 is 1.21 bits per heavy atom. The van der Waals surface area contributed by atoms with Gasteiger partial charge in [0.05, 0.1) is 11.3 Å². The fourth-order valence-corrected chi connectivity index (χ4v) is 1.68. The Balaban J connectivity index is 2.00. The average Bonchev–Trinajstić information content (AvgIpc) is 2.88. The zero-order chi connectivity index (χ0) is 13.2. The van der Waals surface area contributed by atoms with Crippen LogP contribution in [0.3, 0.4) is 0 Å². The number of hydrogen-bond donors (Lipinski definition) is 1. The lowest BCUT2D eigenvalue weighted by molar-refractivity contribution is 0.432. The Morgan fingerprint density at radius 2 is 2.11 bits per heavy atom. The van der Waals surface area contributed by atoms with Crippen LogP contribution in [0.5, 0.6) is 0 Å². The molecule has 0 spiro atoms. The van der Waals surface area contributed by atoms with Gasteiger partial charge in [-0.25, -0.2) is 0 Å². The highest BCUT2D eigenvalue weighted by molar-refractivity contribution is 5.60. The van der Waals surface area contributed by atoms with Crippen molar-refractivity contribution >= 4 is 5.69 Å². The summed E-state index contributed by atoms with van der Waals surface area (Å²) < 4.78 is 5.20. The van der Waals surface area contributed by atoms with Crippen LogP contribution in [0.4, 0.5) is 5.69 Å². The molecule has 0 saturated carbocycles. The van der Waals surface area contributed by atoms with Gasteiger partial charge in [-0.2, -0.15) is 4.98 Å². The lowest BCUT2D eigenvalue weighted by Crippen LogP contribution is -1.88. The molecule has 0 aliphatic heterocycles. The number of aryl methyl sites for hydroxylation is 1. The van der Waals surface area contributed by atoms with Crippen LogP contribution >= 0.6 is 0 Å². The second-order valence-corrected chi connectivity index (χ2v) is 4.15. The summed E-state index contributed by atoms with van der Waals surface area (Å²) in [6.45, 7) is 1.98. The van der Waals surface area contributed by atoms with Gasteiger partial charge in [0.1, 0.15) is 5.69 Å². The predicted octanol–water partition coefficient (Wildman–Crippen LogP) is 2.08. The summed E-state index contributed by atoms with van der Waals surface area (Å²) in [5.41, 5.74) is 8.66. The SMILES string of the molecule is Cc1ccnc(-c2noc(-c3cncc(N)c3)n2)c1. The third-order valence-electron chi connectivity index (χ3n) is 2.58. The first kappa shape index (κ1) is 11.3. The van der Waals surface area contributed by atoms with Crippen LogP contribution in [0.2, 0.25) is 0 Å². The molecule has 0 unspecified atom stereocenters. The van der Waals surface area contributed by atoms with Crippen LogP contribution in [0, 0.1) is 6.92 Å². The van der Waals surface area contributed by atoms with E-state index in [-0.39, 0.29) is 0 Å². The molecule has 0 aliphatic rings. The molecular weight excluding hydrogens is 242 g/mol. The number of anilines is 1. The minimum Gasteiger partial charge on any atom is -0.397 e. The maximum absolute atomic E-state index is 5.67. The first-order chi connectivity index (χ1) is 9.22. The minimum absolute atomic E-state index is 0.373. The van der Waals surface area contributed by atoms with E-state index in [9.17, 15) is 0 Å². The molecule has 0 bridgehead atoms. The average molecular weight is 253 g/mol. The second-order valence-electron chi connectivity index (χ2n) is 4.15. The van der Waals surface area contributed by atoms with E-state index < -0.39 is 0 Å². The van der Waals surface area contributed by atoms with Crippen molar-refractivity contribution < 1.29 is 4.52 Å². The molecule has 2 N–H and O–H groups in total. The van der Waals surface area contributed by atoms with Crippen LogP contribution in [-0.4, -0.2) is 20.1 Å². The number of nitrogen functional groups attached to an aromatic ring is 1. The maximum atomic E-state index is 5.67. The Labute approximate surface area is 109 Å². The van der Waals surface area contributed by atoms with E-state index >= 15 is 0 Å². The summed E-state index contributed by atoms with van der Waals surface area (Å²) in [7, 11) is 0. The van der Waals surface area contributed by atoms with E-state index in [2.05, 4.69) is 20.1 Å². The quantitative estimate of drug-likeness (QED) is 0.751. The van der Waals surface area contributed by atoms with Crippen LogP contribution in [0.1, 0.15) is 5.56 Å². The van der Waals surface area contributed by atoms with E-state index in [1.54, 1.807) is 24.7 Å². The number of hydrogen-bond acceptors (Lipinski definition) is 6. The van der Waals surface area contributed by atoms with Crippen molar-refractivity contribution in [3.05, 3.63) is 42.4 Å². The van der Waals surface area contributed by atoms with Gasteiger partial charge in [0.15, 0.2) is 0 Å². The summed E-state index contributed by atoms with van der Waals surface area (Å²) in [6.07, 6.45) is 4.89. The van der Waals surface area contributed by atoms with Gasteiger partial charge in [0, 0.05) is 18.6 Å². The number of nitrogens with two attached hydrogens (primary N) is 1. The summed E-state index contributed by atoms with van der Waals surface area (Å²) in [6, 6.07) is 5.53. The molecule has 3 heterocycles. The van der Waals surface area contributed by atoms with Gasteiger partial charge in [-0.1, -0.05) is 5.16 Å². The lowest BCUT2D eigenvalue weighted by Gasteiger charge is -1.95. The van der Waals surface area contributed by atoms with Crippen molar-refractivity contribution in [2.75, 3.05) is 5.73 Å². The zero-order valence-electron chi connectivity index (χ0n) is 10.2. The van der Waals surface area contributed by atoms with Crippen LogP contribution in [-0.2, 0) is 0 Å². The summed E-state index contributed by atoms with van der Waals surface area (Å²) in [4.78, 5) is 12.5. The Bertz CT molecular complexity index is 662. The van der Waals surface area contributed by atoms with Crippen molar-refractivity contribution in [3.63, 3.8) is 0 Å². The van der Waals surface area contributed by atoms with E-state index in [4.69, 9.17) is 10.3 Å². The van der Waals surface area contributed by atoms with Crippen molar-refractivity contribution in [3.8, 4) is 23.0 Å². The van der Waals surface area contributed by atoms with Gasteiger partial charge < -0.3 is 10.3 Å². The molecule has 0 amide bonds. The third-order valence-corrected chi connectivity index (χ3v) is 2.58. The lowest BCUT2D eigenvalue weighted by atomic mass is 10.2. The predicted molar refractivity (Wildman–Crippen MR) is 69.9 cm³/mol. The smallest absolute Gasteiger partial charge is 0.259 e. The molecule has 0 atom stereocenters. The standard InChI is InChI=1S/C13H11N5O/c1-8-2-3-16-11(4-8)12-17-13(19-18-12)9-5-10(14)7-15-6-9/h2-7H,14H2,1H3. The number of aromatic nitrogens is 4. The van der Waals surface area contributed by atoms with E-state index in [0.29, 0.717) is 28.7 Å². The fraction of sp³-hybridized carbons (Fsp3) is 0.0769. The van der Waals surface area contributed by atoms with Crippen molar-refractivity contribution in [2.45, 2.75) is 6.92 Å². The number of pyridine rings is 2. The molecular formula is C13H11N5O. The third kappa shape index (κ3) is 2.28. The van der Waals surface area contributed by atoms with Crippen LogP contribution < -0.4 is 5.73 Å². The molecule has 0 aromatic carbocycles. The summed E-state index contributed by atoms with van der Waals surface area (Å²) in [5, 5.41) is 3.92. The van der Waals surface area contributed by atoms with Gasteiger partial charge >= 0.3 is 0 Å². The number of rotatable bonds is 2. The summed E-state index contributed by atoms with van der Waals surface area (Å²) in [5.74, 6) is 0.819. The number of nitrogens with zero attached hydrogens (tertiary/aromatic N) is 4. The largest absolute Gasteiger partial charge is 0.397 e. The van der Waals surface area contributed by atoms with E-state index in [0.717, 1.165) is 5.56 Å². The fourth-order valence-electron chi connectivity index (χ4n) is 1.68. The van der Waals surface area contributed by atoms with Crippen molar-refractivity contribution in [2.24, 2.45) is 0 Å². The molecule has 94 valence electrons. The molecule has 0 aliphatic carbocycles. The Hall–Kier alpha value is -2.76. The highest BCUT2D eigenvalue weighted by Crippen LogP contribution is 2.21. The van der Waals surface area contributed by atoms with Crippen molar-refractivity contribution in [1.29, 1.82) is 0 Å². The molecule has 6 heteroatoms. The van der Waals surface area contributed by atoms with Gasteiger partial charge in [-0.15, -0.1) is 0 Å². The molecule has 0 saturated heterocycles. The highest BCUT2D eigenvalue weighted by atomic mass is 16.5. The Morgan fingerprint density at radius 3 is 2.89 bits per heavy atom. The first-order valence-corrected chi connectivity index (χ1v) is 5.70. The topological polar surface area (TPSA) is 90.7 Å². The summed E-state index contributed by atoms with van der Waals surface area (Å²) >= 11 is 0. The molecule has 3 rings (SSSR count). The monoisotopic (exact) mass is 253 g/mol. The molecule has 0 fully saturated rings. The maximum Gasteiger partial charge on any atom is 0.259 e. The normalized spacial score (nSPS) is 10.6. The van der Waals surface area contributed by atoms with Gasteiger partial charge in [0.2, 0.25) is 5.82 Å². The molecule has 3 aromatic rings. The Kier molecular flexibility index (Phi) is 2.68. The van der Waals surface area contributed by atoms with E-state index in [1.165, 1.54) is 0 Å². The second kappa shape index (κ2) is 4.49. The van der Waals surface area contributed by atoms with E-state index in [1.807, 2.05) is 19.1 Å². The van der Waals surface area contributed by atoms with Crippen LogP contribution in [0.25, 0.3) is 23.0 Å². The molecule has 6 nitrogen and oxygen atoms in total. The van der Waals surface area contributed by atoms with Crippen LogP contribution in [0.15, 0.2) is 41.3 Å². The zero-order valence-corrected chi connectivity index (χ0v) is 10.2. The molecule has 3 aromatic heterocycles.